The lowest BCUT2D eigenvalue weighted by atomic mass is 10.2. The number of hydrogen-bond acceptors (Lipinski definition) is 4. The highest BCUT2D eigenvalue weighted by Gasteiger charge is 2.23. The third kappa shape index (κ3) is 2.33. The Labute approximate surface area is 113 Å². The molecular weight excluding hydrogens is 300 g/mol. The zero-order valence-electron chi connectivity index (χ0n) is 10.1. The van der Waals surface area contributed by atoms with Gasteiger partial charge in [-0.3, -0.25) is 9.48 Å². The van der Waals surface area contributed by atoms with Crippen molar-refractivity contribution >= 4 is 21.7 Å². The lowest BCUT2D eigenvalue weighted by Crippen LogP contribution is -2.12. The zero-order chi connectivity index (χ0) is 13.1. The van der Waals surface area contributed by atoms with Crippen LogP contribution in [0.1, 0.15) is 29.6 Å². The summed E-state index contributed by atoms with van der Waals surface area (Å²) >= 11 is 3.18. The first-order valence-electron chi connectivity index (χ1n) is 5.57. The van der Waals surface area contributed by atoms with Gasteiger partial charge in [0, 0.05) is 6.54 Å². The lowest BCUT2D eigenvalue weighted by Gasteiger charge is -2.05. The van der Waals surface area contributed by atoms with E-state index in [4.69, 9.17) is 9.15 Å². The molecule has 0 amide bonds. The van der Waals surface area contributed by atoms with Crippen molar-refractivity contribution in [1.82, 2.24) is 9.78 Å². The number of furan rings is 1. The summed E-state index contributed by atoms with van der Waals surface area (Å²) in [5.74, 6) is 0.488. The van der Waals surface area contributed by atoms with Crippen molar-refractivity contribution < 1.29 is 13.9 Å². The van der Waals surface area contributed by atoms with Gasteiger partial charge in [0.1, 0.15) is 0 Å². The summed E-state index contributed by atoms with van der Waals surface area (Å²) < 4.78 is 12.6. The maximum Gasteiger partial charge on any atom is 0.250 e. The molecule has 18 heavy (non-hydrogen) atoms. The largest absolute Gasteiger partial charge is 0.493 e. The van der Waals surface area contributed by atoms with Gasteiger partial charge in [-0.05, 0) is 34.5 Å². The fourth-order valence-electron chi connectivity index (χ4n) is 1.68. The molecule has 2 aromatic heterocycles. The van der Waals surface area contributed by atoms with Crippen molar-refractivity contribution in [2.75, 3.05) is 7.11 Å². The van der Waals surface area contributed by atoms with Gasteiger partial charge >= 0.3 is 0 Å². The molecule has 0 bridgehead atoms. The molecule has 0 aliphatic carbocycles. The first-order valence-corrected chi connectivity index (χ1v) is 6.36. The highest BCUT2D eigenvalue weighted by atomic mass is 79.9. The highest BCUT2D eigenvalue weighted by molar-refractivity contribution is 9.10. The summed E-state index contributed by atoms with van der Waals surface area (Å²) in [7, 11) is 1.52. The molecule has 0 N–H and O–H groups in total. The number of ether oxygens (including phenoxy) is 1. The second-order valence-electron chi connectivity index (χ2n) is 3.72. The van der Waals surface area contributed by atoms with E-state index in [1.807, 2.05) is 6.92 Å². The number of hydrogen-bond donors (Lipinski definition) is 0. The average molecular weight is 313 g/mol. The van der Waals surface area contributed by atoms with Gasteiger partial charge < -0.3 is 9.15 Å². The standard InChI is InChI=1S/C12H13BrN2O3/c1-3-6-15-11(9(17-2)7-14-15)12(16)8-4-5-10(13)18-8/h4-5,7H,3,6H2,1-2H3. The summed E-state index contributed by atoms with van der Waals surface area (Å²) in [4.78, 5) is 12.3. The summed E-state index contributed by atoms with van der Waals surface area (Å²) in [6, 6.07) is 3.30. The number of aromatic nitrogens is 2. The number of aryl methyl sites for hydroxylation is 1. The van der Waals surface area contributed by atoms with Crippen molar-refractivity contribution in [1.29, 1.82) is 0 Å². The Morgan fingerprint density at radius 2 is 2.33 bits per heavy atom. The normalized spacial score (nSPS) is 10.6. The smallest absolute Gasteiger partial charge is 0.250 e. The van der Waals surface area contributed by atoms with Gasteiger partial charge in [0.15, 0.2) is 21.9 Å². The van der Waals surface area contributed by atoms with E-state index in [1.54, 1.807) is 23.0 Å². The SMILES string of the molecule is CCCn1ncc(OC)c1C(=O)c1ccc(Br)o1. The van der Waals surface area contributed by atoms with E-state index in [0.717, 1.165) is 6.42 Å². The molecule has 2 rings (SSSR count). The minimum absolute atomic E-state index is 0.233. The monoisotopic (exact) mass is 312 g/mol. The Hall–Kier alpha value is -1.56. The van der Waals surface area contributed by atoms with E-state index >= 15 is 0 Å². The van der Waals surface area contributed by atoms with Crippen LogP contribution in [0.4, 0.5) is 0 Å². The predicted molar refractivity (Wildman–Crippen MR) is 68.9 cm³/mol. The molecule has 0 aromatic carbocycles. The number of halogens is 1. The Morgan fingerprint density at radius 3 is 2.89 bits per heavy atom. The van der Waals surface area contributed by atoms with E-state index in [2.05, 4.69) is 21.0 Å². The van der Waals surface area contributed by atoms with Crippen LogP contribution in [0.2, 0.25) is 0 Å². The van der Waals surface area contributed by atoms with E-state index in [9.17, 15) is 4.79 Å². The maximum absolute atomic E-state index is 12.3. The first kappa shape index (κ1) is 12.9. The third-order valence-electron chi connectivity index (χ3n) is 2.47. The van der Waals surface area contributed by atoms with Crippen molar-refractivity contribution in [3.05, 3.63) is 34.5 Å². The van der Waals surface area contributed by atoms with E-state index < -0.39 is 0 Å². The second kappa shape index (κ2) is 5.39. The first-order chi connectivity index (χ1) is 8.67. The number of carbonyl (C=O) groups excluding carboxylic acids is 1. The van der Waals surface area contributed by atoms with Crippen LogP contribution in [0.3, 0.4) is 0 Å². The second-order valence-corrected chi connectivity index (χ2v) is 4.50. The number of methoxy groups -OCH3 is 1. The summed E-state index contributed by atoms with van der Waals surface area (Å²) in [6.07, 6.45) is 2.42. The lowest BCUT2D eigenvalue weighted by molar-refractivity contribution is 0.0994. The minimum atomic E-state index is -0.233. The van der Waals surface area contributed by atoms with Crippen LogP contribution >= 0.6 is 15.9 Å². The van der Waals surface area contributed by atoms with E-state index in [-0.39, 0.29) is 11.5 Å². The Morgan fingerprint density at radius 1 is 1.56 bits per heavy atom. The third-order valence-corrected chi connectivity index (χ3v) is 2.90. The fraction of sp³-hybridized carbons (Fsp3) is 0.333. The van der Waals surface area contributed by atoms with Crippen molar-refractivity contribution in [2.45, 2.75) is 19.9 Å². The molecule has 2 heterocycles. The van der Waals surface area contributed by atoms with Crippen LogP contribution in [0.5, 0.6) is 5.75 Å². The van der Waals surface area contributed by atoms with Crippen LogP contribution in [0.25, 0.3) is 0 Å². The van der Waals surface area contributed by atoms with Gasteiger partial charge in [-0.15, -0.1) is 0 Å². The predicted octanol–water partition coefficient (Wildman–Crippen LogP) is 2.89. The molecule has 0 fully saturated rings. The number of ketones is 1. The Kier molecular flexibility index (Phi) is 3.86. The quantitative estimate of drug-likeness (QED) is 0.797. The molecule has 96 valence electrons. The molecule has 0 radical (unpaired) electrons. The molecule has 0 saturated carbocycles. The average Bonchev–Trinajstić information content (AvgIpc) is 2.95. The molecule has 2 aromatic rings. The molecule has 0 saturated heterocycles. The van der Waals surface area contributed by atoms with Crippen LogP contribution in [0.15, 0.2) is 27.4 Å². The van der Waals surface area contributed by atoms with Crippen LogP contribution in [-0.2, 0) is 6.54 Å². The molecule has 0 aliphatic rings. The van der Waals surface area contributed by atoms with Gasteiger partial charge in [0.2, 0.25) is 5.78 Å². The van der Waals surface area contributed by atoms with Gasteiger partial charge in [-0.25, -0.2) is 0 Å². The zero-order valence-corrected chi connectivity index (χ0v) is 11.7. The molecule has 0 spiro atoms. The van der Waals surface area contributed by atoms with Crippen LogP contribution in [0, 0.1) is 0 Å². The minimum Gasteiger partial charge on any atom is -0.493 e. The number of rotatable bonds is 5. The summed E-state index contributed by atoms with van der Waals surface area (Å²) in [5, 5.41) is 4.15. The highest BCUT2D eigenvalue weighted by Crippen LogP contribution is 2.24. The number of nitrogens with zero attached hydrogens (tertiary/aromatic N) is 2. The Bertz CT molecular complexity index is 559. The maximum atomic E-state index is 12.3. The van der Waals surface area contributed by atoms with Gasteiger partial charge in [0.05, 0.1) is 13.3 Å². The van der Waals surface area contributed by atoms with Crippen molar-refractivity contribution in [3.63, 3.8) is 0 Å². The van der Waals surface area contributed by atoms with Crippen LogP contribution < -0.4 is 4.74 Å². The van der Waals surface area contributed by atoms with Crippen LogP contribution in [-0.4, -0.2) is 22.7 Å². The van der Waals surface area contributed by atoms with Gasteiger partial charge in [-0.2, -0.15) is 5.10 Å². The Balaban J connectivity index is 2.42. The van der Waals surface area contributed by atoms with Crippen molar-refractivity contribution in [3.8, 4) is 5.75 Å². The summed E-state index contributed by atoms with van der Waals surface area (Å²) in [6.45, 7) is 2.68. The van der Waals surface area contributed by atoms with E-state index in [0.29, 0.717) is 22.7 Å². The fourth-order valence-corrected chi connectivity index (χ4v) is 1.99. The molecule has 0 aliphatic heterocycles. The molecule has 5 nitrogen and oxygen atoms in total. The number of carbonyl (C=O) groups is 1. The van der Waals surface area contributed by atoms with Gasteiger partial charge in [-0.1, -0.05) is 6.92 Å². The van der Waals surface area contributed by atoms with Crippen molar-refractivity contribution in [2.24, 2.45) is 0 Å². The molecule has 0 unspecified atom stereocenters. The van der Waals surface area contributed by atoms with Gasteiger partial charge in [0.25, 0.3) is 0 Å². The molecular formula is C12H13BrN2O3. The topological polar surface area (TPSA) is 57.3 Å². The van der Waals surface area contributed by atoms with E-state index in [1.165, 1.54) is 7.11 Å². The summed E-state index contributed by atoms with van der Waals surface area (Å²) in [5.41, 5.74) is 0.418. The molecule has 0 atom stereocenters. The molecule has 6 heteroatoms.